The summed E-state index contributed by atoms with van der Waals surface area (Å²) in [5.41, 5.74) is 5.50. The van der Waals surface area contributed by atoms with E-state index in [9.17, 15) is 4.79 Å². The van der Waals surface area contributed by atoms with Gasteiger partial charge < -0.3 is 10.6 Å². The molecule has 0 aromatic heterocycles. The monoisotopic (exact) mass is 195 g/mol. The summed E-state index contributed by atoms with van der Waals surface area (Å²) >= 11 is 0. The first-order valence-corrected chi connectivity index (χ1v) is 4.97. The molecule has 1 rings (SSSR count). The Morgan fingerprint density at radius 3 is 2.93 bits per heavy atom. The van der Waals surface area contributed by atoms with Crippen molar-refractivity contribution < 1.29 is 4.79 Å². The maximum absolute atomic E-state index is 11.5. The van der Waals surface area contributed by atoms with Crippen LogP contribution in [0.5, 0.6) is 0 Å². The van der Waals surface area contributed by atoms with Crippen LogP contribution in [0.2, 0.25) is 0 Å². The molecule has 0 saturated heterocycles. The van der Waals surface area contributed by atoms with Crippen molar-refractivity contribution in [3.05, 3.63) is 0 Å². The summed E-state index contributed by atoms with van der Waals surface area (Å²) in [6, 6.07) is 2.02. The third kappa shape index (κ3) is 2.46. The van der Waals surface area contributed by atoms with Gasteiger partial charge in [0.1, 0.15) is 0 Å². The van der Waals surface area contributed by atoms with Crippen molar-refractivity contribution in [2.45, 2.75) is 38.3 Å². The van der Waals surface area contributed by atoms with Gasteiger partial charge in [-0.05, 0) is 25.7 Å². The normalized spacial score (nSPS) is 26.4. The van der Waals surface area contributed by atoms with Crippen molar-refractivity contribution in [3.8, 4) is 6.07 Å². The number of rotatable bonds is 4. The Balaban J connectivity index is 2.32. The molecule has 3 atom stereocenters. The number of nitrogens with zero attached hydrogens (tertiary/aromatic N) is 2. The third-order valence-corrected chi connectivity index (χ3v) is 2.75. The standard InChI is InChI=1S/C10H17N3O/c1-7(12)10(14)13(2)9-6-8(9)4-3-5-11/h7-9H,3-4,6,12H2,1-2H3/t7-,8?,9?/m0/s1. The smallest absolute Gasteiger partial charge is 0.239 e. The maximum Gasteiger partial charge on any atom is 0.239 e. The van der Waals surface area contributed by atoms with E-state index in [1.54, 1.807) is 18.9 Å². The zero-order chi connectivity index (χ0) is 10.7. The molecule has 1 aliphatic rings. The number of hydrogen-bond donors (Lipinski definition) is 1. The van der Waals surface area contributed by atoms with Crippen LogP contribution in [0, 0.1) is 17.2 Å². The van der Waals surface area contributed by atoms with Gasteiger partial charge in [-0.2, -0.15) is 5.26 Å². The second-order valence-electron chi connectivity index (χ2n) is 4.00. The first-order chi connectivity index (χ1) is 6.57. The van der Waals surface area contributed by atoms with Crippen LogP contribution in [0.1, 0.15) is 26.2 Å². The Bertz CT molecular complexity index is 257. The van der Waals surface area contributed by atoms with E-state index in [4.69, 9.17) is 11.0 Å². The number of likely N-dealkylation sites (N-methyl/N-ethyl adjacent to an activating group) is 1. The third-order valence-electron chi connectivity index (χ3n) is 2.75. The summed E-state index contributed by atoms with van der Waals surface area (Å²) in [6.07, 6.45) is 2.51. The lowest BCUT2D eigenvalue weighted by molar-refractivity contribution is -0.131. The summed E-state index contributed by atoms with van der Waals surface area (Å²) < 4.78 is 0. The zero-order valence-electron chi connectivity index (χ0n) is 8.73. The number of carbonyl (C=O) groups excluding carboxylic acids is 1. The molecule has 14 heavy (non-hydrogen) atoms. The van der Waals surface area contributed by atoms with Gasteiger partial charge in [0.05, 0.1) is 12.1 Å². The molecule has 1 aliphatic carbocycles. The highest BCUT2D eigenvalue weighted by Gasteiger charge is 2.41. The van der Waals surface area contributed by atoms with Crippen LogP contribution in [0.4, 0.5) is 0 Å². The molecule has 0 heterocycles. The number of nitrogens with two attached hydrogens (primary N) is 1. The van der Waals surface area contributed by atoms with Crippen molar-refractivity contribution in [2.75, 3.05) is 7.05 Å². The first kappa shape index (κ1) is 11.0. The predicted molar refractivity (Wildman–Crippen MR) is 53.2 cm³/mol. The Hall–Kier alpha value is -1.08. The minimum Gasteiger partial charge on any atom is -0.341 e. The lowest BCUT2D eigenvalue weighted by Crippen LogP contribution is -2.41. The number of amides is 1. The van der Waals surface area contributed by atoms with Gasteiger partial charge in [0.2, 0.25) is 5.91 Å². The highest BCUT2D eigenvalue weighted by atomic mass is 16.2. The van der Waals surface area contributed by atoms with Crippen LogP contribution in [-0.4, -0.2) is 29.9 Å². The van der Waals surface area contributed by atoms with E-state index in [2.05, 4.69) is 6.07 Å². The summed E-state index contributed by atoms with van der Waals surface area (Å²) in [5.74, 6) is 0.511. The molecule has 0 aromatic rings. The lowest BCUT2D eigenvalue weighted by Gasteiger charge is -2.19. The van der Waals surface area contributed by atoms with Crippen LogP contribution in [0.3, 0.4) is 0 Å². The van der Waals surface area contributed by atoms with Gasteiger partial charge in [-0.1, -0.05) is 0 Å². The van der Waals surface area contributed by atoms with E-state index >= 15 is 0 Å². The molecule has 4 nitrogen and oxygen atoms in total. The molecule has 1 saturated carbocycles. The molecule has 2 unspecified atom stereocenters. The average molecular weight is 195 g/mol. The lowest BCUT2D eigenvalue weighted by atomic mass is 10.2. The fraction of sp³-hybridized carbons (Fsp3) is 0.800. The fourth-order valence-corrected chi connectivity index (χ4v) is 1.75. The number of hydrogen-bond acceptors (Lipinski definition) is 3. The largest absolute Gasteiger partial charge is 0.341 e. The summed E-state index contributed by atoms with van der Waals surface area (Å²) in [7, 11) is 1.79. The number of carbonyl (C=O) groups is 1. The second kappa shape index (κ2) is 4.43. The highest BCUT2D eigenvalue weighted by molar-refractivity contribution is 5.81. The molecule has 1 fully saturated rings. The molecule has 0 spiro atoms. The van der Waals surface area contributed by atoms with E-state index in [1.165, 1.54) is 0 Å². The molecule has 0 radical (unpaired) electrons. The molecule has 0 aromatic carbocycles. The Morgan fingerprint density at radius 1 is 1.79 bits per heavy atom. The van der Waals surface area contributed by atoms with E-state index in [0.29, 0.717) is 18.4 Å². The topological polar surface area (TPSA) is 70.1 Å². The molecular formula is C10H17N3O. The van der Waals surface area contributed by atoms with Gasteiger partial charge in [-0.25, -0.2) is 0 Å². The summed E-state index contributed by atoms with van der Waals surface area (Å²) in [4.78, 5) is 13.2. The quantitative estimate of drug-likeness (QED) is 0.709. The minimum atomic E-state index is -0.419. The van der Waals surface area contributed by atoms with Gasteiger partial charge in [0.15, 0.2) is 0 Å². The van der Waals surface area contributed by atoms with Crippen molar-refractivity contribution in [2.24, 2.45) is 11.7 Å². The van der Waals surface area contributed by atoms with Crippen molar-refractivity contribution in [3.63, 3.8) is 0 Å². The van der Waals surface area contributed by atoms with Crippen LogP contribution >= 0.6 is 0 Å². The molecule has 4 heteroatoms. The predicted octanol–water partition coefficient (Wildman–Crippen LogP) is 0.484. The van der Waals surface area contributed by atoms with Crippen LogP contribution in [0.25, 0.3) is 0 Å². The first-order valence-electron chi connectivity index (χ1n) is 4.97. The van der Waals surface area contributed by atoms with Gasteiger partial charge in [-0.15, -0.1) is 0 Å². The molecule has 0 aliphatic heterocycles. The summed E-state index contributed by atoms with van der Waals surface area (Å²) in [6.45, 7) is 1.70. The van der Waals surface area contributed by atoms with Gasteiger partial charge >= 0.3 is 0 Å². The molecule has 2 N–H and O–H groups in total. The molecular weight excluding hydrogens is 178 g/mol. The Labute approximate surface area is 84.7 Å². The van der Waals surface area contributed by atoms with E-state index in [0.717, 1.165) is 12.8 Å². The molecule has 78 valence electrons. The Morgan fingerprint density at radius 2 is 2.43 bits per heavy atom. The molecule has 0 bridgehead atoms. The van der Waals surface area contributed by atoms with Crippen LogP contribution in [-0.2, 0) is 4.79 Å². The average Bonchev–Trinajstić information content (AvgIpc) is 2.91. The SMILES string of the molecule is C[C@H](N)C(=O)N(C)C1CC1CCC#N. The minimum absolute atomic E-state index is 0.00513. The number of nitriles is 1. The van der Waals surface area contributed by atoms with Crippen LogP contribution in [0.15, 0.2) is 0 Å². The molecule has 1 amide bonds. The van der Waals surface area contributed by atoms with Gasteiger partial charge in [-0.3, -0.25) is 4.79 Å². The highest BCUT2D eigenvalue weighted by Crippen LogP contribution is 2.38. The second-order valence-corrected chi connectivity index (χ2v) is 4.00. The zero-order valence-corrected chi connectivity index (χ0v) is 8.73. The Kier molecular flexibility index (Phi) is 3.48. The van der Waals surface area contributed by atoms with E-state index in [1.807, 2.05) is 0 Å². The van der Waals surface area contributed by atoms with Crippen molar-refractivity contribution in [1.82, 2.24) is 4.90 Å². The summed E-state index contributed by atoms with van der Waals surface area (Å²) in [5, 5.41) is 8.41. The van der Waals surface area contributed by atoms with E-state index < -0.39 is 6.04 Å². The van der Waals surface area contributed by atoms with Crippen LogP contribution < -0.4 is 5.73 Å². The maximum atomic E-state index is 11.5. The van der Waals surface area contributed by atoms with Gasteiger partial charge in [0, 0.05) is 19.5 Å². The fourth-order valence-electron chi connectivity index (χ4n) is 1.75. The van der Waals surface area contributed by atoms with Crippen molar-refractivity contribution >= 4 is 5.91 Å². The van der Waals surface area contributed by atoms with Gasteiger partial charge in [0.25, 0.3) is 0 Å². The van der Waals surface area contributed by atoms with E-state index in [-0.39, 0.29) is 5.91 Å². The van der Waals surface area contributed by atoms with Crippen molar-refractivity contribution in [1.29, 1.82) is 5.26 Å².